The maximum absolute atomic E-state index is 13.7. The normalized spacial score (nSPS) is 11.1. The average molecular weight is 350 g/mol. The van der Waals surface area contributed by atoms with Gasteiger partial charge in [-0.15, -0.1) is 0 Å². The van der Waals surface area contributed by atoms with Crippen LogP contribution < -0.4 is 10.6 Å². The van der Waals surface area contributed by atoms with Crippen molar-refractivity contribution >= 4 is 21.4 Å². The van der Waals surface area contributed by atoms with E-state index in [1.54, 1.807) is 0 Å². The number of amides is 1. The third-order valence-electron chi connectivity index (χ3n) is 3.36. The molecule has 1 amide bonds. The molecule has 128 valence electrons. The number of anilines is 1. The minimum Gasteiger partial charge on any atom is -0.375 e. The molecule has 24 heavy (non-hydrogen) atoms. The lowest BCUT2D eigenvalue weighted by Gasteiger charge is -2.12. The summed E-state index contributed by atoms with van der Waals surface area (Å²) in [6, 6.07) is 13.6. The summed E-state index contributed by atoms with van der Waals surface area (Å²) in [6.07, 6.45) is 1.62. The van der Waals surface area contributed by atoms with Gasteiger partial charge in [-0.05, 0) is 24.1 Å². The van der Waals surface area contributed by atoms with Crippen LogP contribution in [0.25, 0.3) is 0 Å². The molecule has 0 bridgehead atoms. The van der Waals surface area contributed by atoms with Gasteiger partial charge in [0.1, 0.15) is 10.7 Å². The smallest absolute Gasteiger partial charge is 0.239 e. The predicted octanol–water partition coefficient (Wildman–Crippen LogP) is 2.00. The van der Waals surface area contributed by atoms with Gasteiger partial charge in [0.15, 0.2) is 9.84 Å². The van der Waals surface area contributed by atoms with E-state index in [1.165, 1.54) is 12.1 Å². The minimum atomic E-state index is -3.73. The Kier molecular flexibility index (Phi) is 5.92. The van der Waals surface area contributed by atoms with Crippen LogP contribution in [0.3, 0.4) is 0 Å². The van der Waals surface area contributed by atoms with Gasteiger partial charge < -0.3 is 10.6 Å². The zero-order valence-corrected chi connectivity index (χ0v) is 14.1. The van der Waals surface area contributed by atoms with Crippen LogP contribution >= 0.6 is 0 Å². The number of nitrogens with one attached hydrogen (secondary N) is 2. The molecule has 0 aliphatic heterocycles. The zero-order chi connectivity index (χ0) is 17.6. The quantitative estimate of drug-likeness (QED) is 0.801. The fraction of sp³-hybridized carbons (Fsp3) is 0.235. The van der Waals surface area contributed by atoms with Crippen LogP contribution in [0.1, 0.15) is 5.56 Å². The summed E-state index contributed by atoms with van der Waals surface area (Å²) in [7, 11) is -3.73. The molecule has 0 aliphatic rings. The number of carbonyl (C=O) groups excluding carboxylic acids is 1. The van der Waals surface area contributed by atoms with Crippen molar-refractivity contribution in [3.05, 3.63) is 59.9 Å². The van der Waals surface area contributed by atoms with E-state index < -0.39 is 20.5 Å². The van der Waals surface area contributed by atoms with Crippen LogP contribution in [0.15, 0.2) is 53.4 Å². The Morgan fingerprint density at radius 3 is 2.46 bits per heavy atom. The van der Waals surface area contributed by atoms with Gasteiger partial charge in [-0.3, -0.25) is 4.79 Å². The highest BCUT2D eigenvalue weighted by molar-refractivity contribution is 7.90. The van der Waals surface area contributed by atoms with Crippen molar-refractivity contribution in [3.63, 3.8) is 0 Å². The lowest BCUT2D eigenvalue weighted by molar-refractivity contribution is -0.119. The first kappa shape index (κ1) is 17.9. The third kappa shape index (κ3) is 5.06. The Hall–Kier alpha value is -2.41. The number of sulfone groups is 1. The second-order valence-corrected chi connectivity index (χ2v) is 7.28. The van der Waals surface area contributed by atoms with Gasteiger partial charge in [0.05, 0.1) is 12.2 Å². The standard InChI is InChI=1S/C17H19FN2O3S/c1-24(22,23)17-14(18)8-5-9-15(17)20-12-16(21)19-11-10-13-6-3-2-4-7-13/h2-9,20H,10-12H2,1H3,(H,19,21). The van der Waals surface area contributed by atoms with Crippen LogP contribution in [0.5, 0.6) is 0 Å². The lowest BCUT2D eigenvalue weighted by Crippen LogP contribution is -2.31. The van der Waals surface area contributed by atoms with Gasteiger partial charge in [-0.1, -0.05) is 36.4 Å². The van der Waals surface area contributed by atoms with Gasteiger partial charge in [0.2, 0.25) is 5.91 Å². The van der Waals surface area contributed by atoms with Crippen LogP contribution in [-0.4, -0.2) is 33.7 Å². The van der Waals surface area contributed by atoms with Crippen molar-refractivity contribution in [3.8, 4) is 0 Å². The highest BCUT2D eigenvalue weighted by Gasteiger charge is 2.18. The third-order valence-corrected chi connectivity index (χ3v) is 4.51. The summed E-state index contributed by atoms with van der Waals surface area (Å²) in [5.41, 5.74) is 1.19. The number of hydrogen-bond acceptors (Lipinski definition) is 4. The van der Waals surface area contributed by atoms with E-state index >= 15 is 0 Å². The Morgan fingerprint density at radius 1 is 1.08 bits per heavy atom. The fourth-order valence-electron chi connectivity index (χ4n) is 2.25. The summed E-state index contributed by atoms with van der Waals surface area (Å²) in [5, 5.41) is 5.41. The molecule has 0 heterocycles. The van der Waals surface area contributed by atoms with Crippen LogP contribution in [0, 0.1) is 5.82 Å². The average Bonchev–Trinajstić information content (AvgIpc) is 2.52. The molecule has 7 heteroatoms. The Labute approximate surface area is 140 Å². The van der Waals surface area contributed by atoms with Crippen molar-refractivity contribution in [1.29, 1.82) is 0 Å². The molecule has 0 unspecified atom stereocenters. The summed E-state index contributed by atoms with van der Waals surface area (Å²) >= 11 is 0. The molecule has 0 spiro atoms. The maximum Gasteiger partial charge on any atom is 0.239 e. The Balaban J connectivity index is 1.89. The van der Waals surface area contributed by atoms with Gasteiger partial charge in [0, 0.05) is 12.8 Å². The van der Waals surface area contributed by atoms with E-state index in [2.05, 4.69) is 10.6 Å². The van der Waals surface area contributed by atoms with Gasteiger partial charge in [0.25, 0.3) is 0 Å². The molecule has 2 N–H and O–H groups in total. The number of benzene rings is 2. The minimum absolute atomic E-state index is 0.0794. The predicted molar refractivity (Wildman–Crippen MR) is 91.2 cm³/mol. The second-order valence-electron chi connectivity index (χ2n) is 5.33. The highest BCUT2D eigenvalue weighted by atomic mass is 32.2. The molecule has 0 aliphatic carbocycles. The van der Waals surface area contributed by atoms with Crippen LogP contribution in [-0.2, 0) is 21.1 Å². The van der Waals surface area contributed by atoms with Gasteiger partial charge in [-0.2, -0.15) is 0 Å². The molecule has 0 aromatic heterocycles. The number of halogens is 1. The largest absolute Gasteiger partial charge is 0.375 e. The number of hydrogen-bond donors (Lipinski definition) is 2. The molecule has 2 aromatic carbocycles. The molecule has 5 nitrogen and oxygen atoms in total. The second kappa shape index (κ2) is 7.92. The van der Waals surface area contributed by atoms with E-state index in [0.29, 0.717) is 13.0 Å². The summed E-state index contributed by atoms with van der Waals surface area (Å²) in [4.78, 5) is 11.4. The monoisotopic (exact) mass is 350 g/mol. The van der Waals surface area contributed by atoms with E-state index in [-0.39, 0.29) is 18.1 Å². The summed E-state index contributed by atoms with van der Waals surface area (Å²) in [5.74, 6) is -1.14. The SMILES string of the molecule is CS(=O)(=O)c1c(F)cccc1NCC(=O)NCCc1ccccc1. The topological polar surface area (TPSA) is 75.3 Å². The summed E-state index contributed by atoms with van der Waals surface area (Å²) < 4.78 is 37.1. The summed E-state index contributed by atoms with van der Waals surface area (Å²) in [6.45, 7) is 0.327. The van der Waals surface area contributed by atoms with E-state index in [9.17, 15) is 17.6 Å². The van der Waals surface area contributed by atoms with Crippen molar-refractivity contribution in [2.45, 2.75) is 11.3 Å². The van der Waals surface area contributed by atoms with E-state index in [0.717, 1.165) is 17.9 Å². The van der Waals surface area contributed by atoms with Crippen LogP contribution in [0.4, 0.5) is 10.1 Å². The van der Waals surface area contributed by atoms with Crippen molar-refractivity contribution in [2.75, 3.05) is 24.7 Å². The first-order chi connectivity index (χ1) is 11.4. The zero-order valence-electron chi connectivity index (χ0n) is 13.3. The van der Waals surface area contributed by atoms with E-state index in [1.807, 2.05) is 30.3 Å². The molecule has 2 aromatic rings. The molecule has 0 saturated heterocycles. The number of carbonyl (C=O) groups is 1. The molecule has 2 rings (SSSR count). The number of rotatable bonds is 7. The lowest BCUT2D eigenvalue weighted by atomic mass is 10.1. The van der Waals surface area contributed by atoms with Gasteiger partial charge >= 0.3 is 0 Å². The first-order valence-corrected chi connectivity index (χ1v) is 9.30. The van der Waals surface area contributed by atoms with Gasteiger partial charge in [-0.25, -0.2) is 12.8 Å². The molecule has 0 saturated carbocycles. The molecule has 0 atom stereocenters. The maximum atomic E-state index is 13.7. The van der Waals surface area contributed by atoms with E-state index in [4.69, 9.17) is 0 Å². The molecular weight excluding hydrogens is 331 g/mol. The highest BCUT2D eigenvalue weighted by Crippen LogP contribution is 2.23. The Morgan fingerprint density at radius 2 is 1.79 bits per heavy atom. The van der Waals surface area contributed by atoms with Crippen molar-refractivity contribution in [1.82, 2.24) is 5.32 Å². The molecule has 0 fully saturated rings. The van der Waals surface area contributed by atoms with Crippen molar-refractivity contribution < 1.29 is 17.6 Å². The fourth-order valence-corrected chi connectivity index (χ4v) is 3.22. The Bertz CT molecular complexity index is 808. The first-order valence-electron chi connectivity index (χ1n) is 7.41. The molecular formula is C17H19FN2O3S. The van der Waals surface area contributed by atoms with Crippen LogP contribution in [0.2, 0.25) is 0 Å². The van der Waals surface area contributed by atoms with Crippen molar-refractivity contribution in [2.24, 2.45) is 0 Å². The molecule has 0 radical (unpaired) electrons.